The highest BCUT2D eigenvalue weighted by Crippen LogP contribution is 2.55. The molecule has 3 aromatic rings. The van der Waals surface area contributed by atoms with Crippen molar-refractivity contribution < 1.29 is 5.11 Å². The van der Waals surface area contributed by atoms with Gasteiger partial charge in [0.15, 0.2) is 0 Å². The fourth-order valence-corrected chi connectivity index (χ4v) is 4.82. The first-order valence-electron chi connectivity index (χ1n) is 8.94. The van der Waals surface area contributed by atoms with Crippen LogP contribution in [0.3, 0.4) is 0 Å². The van der Waals surface area contributed by atoms with Crippen molar-refractivity contribution in [3.63, 3.8) is 0 Å². The van der Waals surface area contributed by atoms with E-state index in [9.17, 15) is 5.11 Å². The van der Waals surface area contributed by atoms with E-state index in [1.807, 2.05) is 18.4 Å². The van der Waals surface area contributed by atoms with E-state index in [-0.39, 0.29) is 0 Å². The molecule has 0 aliphatic heterocycles. The molecule has 3 nitrogen and oxygen atoms in total. The molecule has 0 amide bonds. The summed E-state index contributed by atoms with van der Waals surface area (Å²) in [5.41, 5.74) is 2.09. The number of hydrogen-bond donors (Lipinski definition) is 2. The van der Waals surface area contributed by atoms with E-state index in [0.717, 1.165) is 41.4 Å². The van der Waals surface area contributed by atoms with Gasteiger partial charge in [-0.05, 0) is 55.2 Å². The number of nitrogens with zero attached hydrogens (tertiary/aromatic N) is 1. The number of nitrogens with one attached hydrogen (secondary N) is 1. The summed E-state index contributed by atoms with van der Waals surface area (Å²) in [5.74, 6) is 0. The molecule has 4 rings (SSSR count). The van der Waals surface area contributed by atoms with E-state index in [4.69, 9.17) is 11.6 Å². The third kappa shape index (κ3) is 2.55. The Hall–Kier alpha value is -1.62. The number of halogens is 1. The lowest BCUT2D eigenvalue weighted by Gasteiger charge is -2.41. The van der Waals surface area contributed by atoms with E-state index < -0.39 is 11.1 Å². The minimum atomic E-state index is -0.732. The van der Waals surface area contributed by atoms with Crippen molar-refractivity contribution >= 4 is 40.1 Å². The van der Waals surface area contributed by atoms with Crippen LogP contribution in [0.25, 0.3) is 10.9 Å². The zero-order chi connectivity index (χ0) is 18.4. The van der Waals surface area contributed by atoms with Crippen LogP contribution >= 0.6 is 23.5 Å². The number of rotatable bonds is 6. The lowest BCUT2D eigenvalue weighted by atomic mass is 9.79. The highest BCUT2D eigenvalue weighted by Gasteiger charge is 2.59. The van der Waals surface area contributed by atoms with Gasteiger partial charge in [0.1, 0.15) is 0 Å². The Kier molecular flexibility index (Phi) is 4.46. The summed E-state index contributed by atoms with van der Waals surface area (Å²) in [6.07, 6.45) is 6.56. The minimum absolute atomic E-state index is 0.503. The van der Waals surface area contributed by atoms with Crippen LogP contribution in [0.15, 0.2) is 54.7 Å². The van der Waals surface area contributed by atoms with Crippen LogP contribution in [0.2, 0.25) is 5.02 Å². The first kappa shape index (κ1) is 17.8. The van der Waals surface area contributed by atoms with Gasteiger partial charge in [-0.2, -0.15) is 0 Å². The number of fused-ring (bicyclic) bond motifs is 1. The first-order chi connectivity index (χ1) is 12.6. The average Bonchev–Trinajstić information content (AvgIpc) is 3.25. The number of hydrogen-bond acceptors (Lipinski definition) is 3. The molecule has 5 heteroatoms. The zero-order valence-electron chi connectivity index (χ0n) is 15.0. The lowest BCUT2D eigenvalue weighted by Crippen LogP contribution is -2.47. The molecule has 1 aliphatic rings. The molecular formula is C21H23ClN2OS. The van der Waals surface area contributed by atoms with E-state index in [2.05, 4.69) is 58.8 Å². The smallest absolute Gasteiger partial charge is 0.0980 e. The number of aliphatic hydroxyl groups is 1. The van der Waals surface area contributed by atoms with Crippen LogP contribution in [0, 0.1) is 0 Å². The Bertz CT molecular complexity index is 933. The normalized spacial score (nSPS) is 17.8. The van der Waals surface area contributed by atoms with E-state index in [1.165, 1.54) is 0 Å². The number of anilines is 1. The molecule has 2 aromatic carbocycles. The highest BCUT2D eigenvalue weighted by molar-refractivity contribution is 7.99. The van der Waals surface area contributed by atoms with Crippen molar-refractivity contribution in [2.45, 2.75) is 37.3 Å². The third-order valence-corrected chi connectivity index (χ3v) is 6.36. The molecule has 2 N–H and O–H groups in total. The number of benzene rings is 2. The van der Waals surface area contributed by atoms with Crippen LogP contribution in [-0.4, -0.2) is 21.5 Å². The molecular weight excluding hydrogens is 364 g/mol. The van der Waals surface area contributed by atoms with Crippen LogP contribution < -0.4 is 4.72 Å². The van der Waals surface area contributed by atoms with Gasteiger partial charge in [-0.3, -0.25) is 0 Å². The zero-order valence-corrected chi connectivity index (χ0v) is 16.6. The fourth-order valence-electron chi connectivity index (χ4n) is 4.29. The Morgan fingerprint density at radius 3 is 2.54 bits per heavy atom. The Morgan fingerprint density at radius 2 is 1.92 bits per heavy atom. The largest absolute Gasteiger partial charge is 0.387 e. The van der Waals surface area contributed by atoms with Gasteiger partial charge in [0, 0.05) is 22.9 Å². The summed E-state index contributed by atoms with van der Waals surface area (Å²) in [4.78, 5) is 0. The van der Waals surface area contributed by atoms with Gasteiger partial charge in [0.05, 0.1) is 22.3 Å². The summed E-state index contributed by atoms with van der Waals surface area (Å²) in [7, 11) is 0. The van der Waals surface area contributed by atoms with Gasteiger partial charge in [-0.1, -0.05) is 48.7 Å². The molecule has 1 unspecified atom stereocenters. The SMILES string of the molecule is CCC(c1ccc(Cl)cc1)(n1ccc2c(NSC)cccc21)C1(O)CC1. The maximum atomic E-state index is 11.4. The van der Waals surface area contributed by atoms with Gasteiger partial charge < -0.3 is 14.4 Å². The molecule has 1 aromatic heterocycles. The van der Waals surface area contributed by atoms with Gasteiger partial charge in [-0.25, -0.2) is 0 Å². The second-order valence-corrected chi connectivity index (χ2v) is 8.03. The maximum absolute atomic E-state index is 11.4. The molecule has 26 heavy (non-hydrogen) atoms. The predicted octanol–water partition coefficient (Wildman–Crippen LogP) is 5.66. The first-order valence-corrected chi connectivity index (χ1v) is 10.5. The van der Waals surface area contributed by atoms with Crippen molar-refractivity contribution in [3.8, 4) is 0 Å². The molecule has 0 bridgehead atoms. The van der Waals surface area contributed by atoms with E-state index >= 15 is 0 Å². The van der Waals surface area contributed by atoms with Crippen LogP contribution in [0.1, 0.15) is 31.7 Å². The van der Waals surface area contributed by atoms with Gasteiger partial charge in [-0.15, -0.1) is 0 Å². The fraction of sp³-hybridized carbons (Fsp3) is 0.333. The average molecular weight is 387 g/mol. The second kappa shape index (κ2) is 6.52. The topological polar surface area (TPSA) is 37.2 Å². The van der Waals surface area contributed by atoms with Gasteiger partial charge >= 0.3 is 0 Å². The van der Waals surface area contributed by atoms with Crippen molar-refractivity contribution in [1.82, 2.24) is 4.57 Å². The summed E-state index contributed by atoms with van der Waals surface area (Å²) in [6, 6.07) is 16.4. The van der Waals surface area contributed by atoms with E-state index in [0.29, 0.717) is 5.02 Å². The van der Waals surface area contributed by atoms with Gasteiger partial charge in [0.25, 0.3) is 0 Å². The monoisotopic (exact) mass is 386 g/mol. The molecule has 0 radical (unpaired) electrons. The molecule has 136 valence electrons. The van der Waals surface area contributed by atoms with Crippen molar-refractivity contribution in [3.05, 3.63) is 65.3 Å². The summed E-state index contributed by atoms with van der Waals surface area (Å²) in [5, 5.41) is 13.3. The number of aromatic nitrogens is 1. The Morgan fingerprint density at radius 1 is 1.19 bits per heavy atom. The van der Waals surface area contributed by atoms with Crippen molar-refractivity contribution in [2.75, 3.05) is 11.0 Å². The molecule has 0 saturated heterocycles. The van der Waals surface area contributed by atoms with Crippen molar-refractivity contribution in [2.24, 2.45) is 0 Å². The second-order valence-electron chi connectivity index (χ2n) is 6.98. The van der Waals surface area contributed by atoms with Crippen LogP contribution in [0.4, 0.5) is 5.69 Å². The molecule has 1 atom stereocenters. The maximum Gasteiger partial charge on any atom is 0.0980 e. The van der Waals surface area contributed by atoms with Crippen molar-refractivity contribution in [1.29, 1.82) is 0 Å². The predicted molar refractivity (Wildman–Crippen MR) is 112 cm³/mol. The Balaban J connectivity index is 1.97. The highest BCUT2D eigenvalue weighted by atomic mass is 35.5. The quantitative estimate of drug-likeness (QED) is 0.536. The molecule has 0 spiro atoms. The molecule has 1 heterocycles. The molecule has 1 saturated carbocycles. The van der Waals surface area contributed by atoms with Gasteiger partial charge in [0.2, 0.25) is 0 Å². The molecule has 1 aliphatic carbocycles. The standard InChI is InChI=1S/C21H23ClN2OS/c1-3-21(20(25)12-13-20,15-7-9-16(22)10-8-15)24-14-11-17-18(23-26-2)5-4-6-19(17)24/h4-11,14,23,25H,3,12-13H2,1-2H3. The minimum Gasteiger partial charge on any atom is -0.387 e. The lowest BCUT2D eigenvalue weighted by molar-refractivity contribution is 0.0350. The van der Waals surface area contributed by atoms with Crippen LogP contribution in [0.5, 0.6) is 0 Å². The Labute approximate surface area is 163 Å². The molecule has 1 fully saturated rings. The summed E-state index contributed by atoms with van der Waals surface area (Å²) in [6.45, 7) is 2.15. The summed E-state index contributed by atoms with van der Waals surface area (Å²) < 4.78 is 5.63. The summed E-state index contributed by atoms with van der Waals surface area (Å²) >= 11 is 7.72. The third-order valence-electron chi connectivity index (χ3n) is 5.68. The van der Waals surface area contributed by atoms with Crippen LogP contribution in [-0.2, 0) is 5.54 Å². The van der Waals surface area contributed by atoms with E-state index in [1.54, 1.807) is 11.9 Å².